The third-order valence-electron chi connectivity index (χ3n) is 9.61. The van der Waals surface area contributed by atoms with Gasteiger partial charge in [-0.1, -0.05) is 13.0 Å². The van der Waals surface area contributed by atoms with Crippen LogP contribution in [0.1, 0.15) is 83.8 Å². The van der Waals surface area contributed by atoms with E-state index in [9.17, 15) is 24.0 Å². The molecular weight excluding hydrogens is 560 g/mol. The van der Waals surface area contributed by atoms with E-state index in [-0.39, 0.29) is 12.0 Å². The van der Waals surface area contributed by atoms with Gasteiger partial charge in [0.2, 0.25) is 12.4 Å². The van der Waals surface area contributed by atoms with Gasteiger partial charge in [-0.3, -0.25) is 24.0 Å². The minimum absolute atomic E-state index is 0.198. The van der Waals surface area contributed by atoms with Crippen LogP contribution < -0.4 is 4.74 Å². The van der Waals surface area contributed by atoms with Crippen LogP contribution in [0.4, 0.5) is 0 Å². The lowest BCUT2D eigenvalue weighted by atomic mass is 9.55. The van der Waals surface area contributed by atoms with Gasteiger partial charge in [0.15, 0.2) is 12.2 Å². The van der Waals surface area contributed by atoms with E-state index >= 15 is 0 Å². The van der Waals surface area contributed by atoms with Gasteiger partial charge in [-0.2, -0.15) is 0 Å². The summed E-state index contributed by atoms with van der Waals surface area (Å²) in [5.41, 5.74) is 2.22. The van der Waals surface area contributed by atoms with E-state index < -0.39 is 54.6 Å². The fraction of sp³-hybridized carbons (Fsp3) is 0.656. The SMILES string of the molecule is CC(=O)OCC1OC(Oc2ccc3c(c2)CCC2C3CCC3(C)C(=O)CCC23)C(OC(C)=O)C(OC(C)=O)C1OC(C)=O. The number of ether oxygens (including phenoxy) is 6. The standard InChI is InChI=1S/C32H40O11/c1-16(33)38-15-26-28(39-17(2)34)29(40-18(3)35)30(41-19(4)36)31(43-26)42-21-7-9-22-20(14-21)6-8-24-23(22)12-13-32(5)25(24)10-11-27(32)37/h7,9,14,23-26,28-31H,6,8,10-13,15H2,1-5H3. The van der Waals surface area contributed by atoms with Crippen LogP contribution in [-0.4, -0.2) is 67.0 Å². The van der Waals surface area contributed by atoms with Crippen molar-refractivity contribution in [1.29, 1.82) is 0 Å². The molecular formula is C32H40O11. The second-order valence-corrected chi connectivity index (χ2v) is 12.4. The van der Waals surface area contributed by atoms with Gasteiger partial charge in [-0.15, -0.1) is 0 Å². The van der Waals surface area contributed by atoms with E-state index in [0.717, 1.165) is 37.7 Å². The molecule has 9 atom stereocenters. The number of aryl methyl sites for hydroxylation is 1. The summed E-state index contributed by atoms with van der Waals surface area (Å²) in [5, 5.41) is 0. The Labute approximate surface area is 250 Å². The number of benzene rings is 1. The first-order valence-corrected chi connectivity index (χ1v) is 15.0. The summed E-state index contributed by atoms with van der Waals surface area (Å²) in [4.78, 5) is 60.5. The average Bonchev–Trinajstić information content (AvgIpc) is 3.24. The zero-order valence-corrected chi connectivity index (χ0v) is 25.3. The van der Waals surface area contributed by atoms with Crippen molar-refractivity contribution in [2.75, 3.05) is 6.61 Å². The van der Waals surface area contributed by atoms with Crippen LogP contribution in [0.3, 0.4) is 0 Å². The molecule has 234 valence electrons. The molecule has 0 spiro atoms. The smallest absolute Gasteiger partial charge is 0.303 e. The highest BCUT2D eigenvalue weighted by atomic mass is 16.7. The van der Waals surface area contributed by atoms with Gasteiger partial charge in [0.25, 0.3) is 0 Å². The molecule has 1 aromatic rings. The first kappa shape index (κ1) is 31.0. The van der Waals surface area contributed by atoms with Gasteiger partial charge in [-0.25, -0.2) is 0 Å². The highest BCUT2D eigenvalue weighted by molar-refractivity contribution is 5.87. The fourth-order valence-electron chi connectivity index (χ4n) is 7.82. The summed E-state index contributed by atoms with van der Waals surface area (Å²) in [6.45, 7) is 6.59. The number of carbonyl (C=O) groups excluding carboxylic acids is 5. The summed E-state index contributed by atoms with van der Waals surface area (Å²) >= 11 is 0. The third kappa shape index (κ3) is 6.27. The number of ketones is 1. The Bertz CT molecular complexity index is 1290. The van der Waals surface area contributed by atoms with Crippen LogP contribution in [0.5, 0.6) is 5.75 Å². The summed E-state index contributed by atoms with van der Waals surface area (Å²) in [7, 11) is 0. The Morgan fingerprint density at radius 2 is 1.53 bits per heavy atom. The molecule has 1 heterocycles. The number of esters is 4. The fourth-order valence-corrected chi connectivity index (χ4v) is 7.82. The first-order valence-electron chi connectivity index (χ1n) is 15.0. The molecule has 43 heavy (non-hydrogen) atoms. The molecule has 0 bridgehead atoms. The first-order chi connectivity index (χ1) is 20.4. The third-order valence-corrected chi connectivity index (χ3v) is 9.61. The van der Waals surface area contributed by atoms with E-state index in [1.807, 2.05) is 12.1 Å². The van der Waals surface area contributed by atoms with Crippen molar-refractivity contribution in [3.63, 3.8) is 0 Å². The lowest BCUT2D eigenvalue weighted by Crippen LogP contribution is -2.63. The Hall–Kier alpha value is -3.47. The van der Waals surface area contributed by atoms with Crippen molar-refractivity contribution in [2.45, 2.75) is 110 Å². The number of Topliss-reactive ketones (excluding diaryl/α,β-unsaturated/α-hetero) is 1. The summed E-state index contributed by atoms with van der Waals surface area (Å²) in [6, 6.07) is 5.85. The minimum Gasteiger partial charge on any atom is -0.463 e. The lowest BCUT2D eigenvalue weighted by molar-refractivity contribution is -0.288. The molecule has 3 aliphatic carbocycles. The number of hydrogen-bond acceptors (Lipinski definition) is 11. The van der Waals surface area contributed by atoms with E-state index in [2.05, 4.69) is 13.0 Å². The van der Waals surface area contributed by atoms with Crippen LogP contribution in [0.2, 0.25) is 0 Å². The maximum atomic E-state index is 12.7. The highest BCUT2D eigenvalue weighted by Crippen LogP contribution is 2.59. The van der Waals surface area contributed by atoms with Gasteiger partial charge in [0, 0.05) is 39.5 Å². The van der Waals surface area contributed by atoms with Crippen molar-refractivity contribution in [2.24, 2.45) is 17.3 Å². The van der Waals surface area contributed by atoms with Gasteiger partial charge in [0.1, 0.15) is 24.2 Å². The predicted molar refractivity (Wildman–Crippen MR) is 149 cm³/mol. The van der Waals surface area contributed by atoms with Crippen molar-refractivity contribution in [3.05, 3.63) is 29.3 Å². The number of carbonyl (C=O) groups is 5. The van der Waals surface area contributed by atoms with Crippen LogP contribution in [0.25, 0.3) is 0 Å². The molecule has 1 aromatic carbocycles. The normalized spacial score (nSPS) is 34.6. The Kier molecular flexibility index (Phi) is 8.83. The molecule has 0 N–H and O–H groups in total. The van der Waals surface area contributed by atoms with E-state index in [4.69, 9.17) is 28.4 Å². The van der Waals surface area contributed by atoms with Crippen LogP contribution in [0.15, 0.2) is 18.2 Å². The maximum absolute atomic E-state index is 12.7. The average molecular weight is 601 g/mol. The Morgan fingerprint density at radius 1 is 0.860 bits per heavy atom. The van der Waals surface area contributed by atoms with Crippen LogP contribution in [-0.2, 0) is 54.1 Å². The molecule has 0 amide bonds. The quantitative estimate of drug-likeness (QED) is 0.335. The second-order valence-electron chi connectivity index (χ2n) is 12.4. The zero-order valence-electron chi connectivity index (χ0n) is 25.3. The molecule has 1 aliphatic heterocycles. The lowest BCUT2D eigenvalue weighted by Gasteiger charge is -2.48. The monoisotopic (exact) mass is 600 g/mol. The van der Waals surface area contributed by atoms with E-state index in [0.29, 0.717) is 35.7 Å². The number of fused-ring (bicyclic) bond motifs is 5. The van der Waals surface area contributed by atoms with E-state index in [1.54, 1.807) is 0 Å². The summed E-state index contributed by atoms with van der Waals surface area (Å²) in [6.07, 6.45) is -0.852. The molecule has 0 aromatic heterocycles. The van der Waals surface area contributed by atoms with Gasteiger partial charge < -0.3 is 28.4 Å². The van der Waals surface area contributed by atoms with Crippen molar-refractivity contribution in [1.82, 2.24) is 0 Å². The summed E-state index contributed by atoms with van der Waals surface area (Å²) < 4.78 is 34.0. The topological polar surface area (TPSA) is 141 Å². The number of hydrogen-bond donors (Lipinski definition) is 0. The molecule has 5 rings (SSSR count). The van der Waals surface area contributed by atoms with Crippen molar-refractivity contribution >= 4 is 29.7 Å². The second kappa shape index (κ2) is 12.3. The van der Waals surface area contributed by atoms with Gasteiger partial charge in [0.05, 0.1) is 0 Å². The zero-order chi connectivity index (χ0) is 31.1. The molecule has 11 heteroatoms. The van der Waals surface area contributed by atoms with Gasteiger partial charge >= 0.3 is 23.9 Å². The molecule has 1 saturated heterocycles. The molecule has 11 nitrogen and oxygen atoms in total. The number of rotatable bonds is 7. The van der Waals surface area contributed by atoms with Crippen LogP contribution in [0, 0.1) is 17.3 Å². The Balaban J connectivity index is 1.42. The maximum Gasteiger partial charge on any atom is 0.303 e. The van der Waals surface area contributed by atoms with E-state index in [1.165, 1.54) is 33.3 Å². The Morgan fingerprint density at radius 3 is 2.21 bits per heavy atom. The van der Waals surface area contributed by atoms with Crippen LogP contribution >= 0.6 is 0 Å². The molecule has 9 unspecified atom stereocenters. The predicted octanol–water partition coefficient (Wildman–Crippen LogP) is 3.57. The molecule has 0 radical (unpaired) electrons. The minimum atomic E-state index is -1.30. The molecule has 4 aliphatic rings. The molecule has 3 fully saturated rings. The largest absolute Gasteiger partial charge is 0.463 e. The highest BCUT2D eigenvalue weighted by Gasteiger charge is 2.55. The van der Waals surface area contributed by atoms with Crippen molar-refractivity contribution < 1.29 is 52.4 Å². The summed E-state index contributed by atoms with van der Waals surface area (Å²) in [5.74, 6) is -0.542. The van der Waals surface area contributed by atoms with Gasteiger partial charge in [-0.05, 0) is 73.1 Å². The molecule has 2 saturated carbocycles. The van der Waals surface area contributed by atoms with Crippen molar-refractivity contribution in [3.8, 4) is 5.75 Å².